The van der Waals surface area contributed by atoms with Crippen LogP contribution in [0.5, 0.6) is 0 Å². The second-order valence-electron chi connectivity index (χ2n) is 3.63. The number of rotatable bonds is 3. The summed E-state index contributed by atoms with van der Waals surface area (Å²) in [6.45, 7) is 5.47. The molecule has 1 rings (SSSR count). The van der Waals surface area contributed by atoms with Gasteiger partial charge in [0.1, 0.15) is 6.54 Å². The zero-order valence-electron chi connectivity index (χ0n) is 10.6. The lowest BCUT2D eigenvalue weighted by molar-refractivity contribution is -0.700. The van der Waals surface area contributed by atoms with Crippen molar-refractivity contribution in [1.82, 2.24) is 0 Å². The SMILES string of the molecule is CCCc1cccc[n+]1CC.O=S(=O)([O-])C(F)(F)F. The summed E-state index contributed by atoms with van der Waals surface area (Å²) >= 11 is 0. The van der Waals surface area contributed by atoms with Crippen molar-refractivity contribution in [2.45, 2.75) is 38.7 Å². The molecule has 0 radical (unpaired) electrons. The van der Waals surface area contributed by atoms with Crippen molar-refractivity contribution in [1.29, 1.82) is 0 Å². The number of nitrogens with zero attached hydrogens (tertiary/aromatic N) is 1. The topological polar surface area (TPSA) is 61.1 Å². The number of aryl methyl sites for hydroxylation is 2. The second-order valence-corrected chi connectivity index (χ2v) is 5.00. The molecule has 1 heterocycles. The van der Waals surface area contributed by atoms with Crippen molar-refractivity contribution in [3.05, 3.63) is 30.1 Å². The number of halogens is 3. The van der Waals surface area contributed by atoms with Gasteiger partial charge in [0, 0.05) is 18.6 Å². The van der Waals surface area contributed by atoms with E-state index in [0.717, 1.165) is 6.54 Å². The Hall–Kier alpha value is -1.15. The van der Waals surface area contributed by atoms with Crippen LogP contribution < -0.4 is 4.57 Å². The number of pyridine rings is 1. The lowest BCUT2D eigenvalue weighted by Crippen LogP contribution is -2.36. The van der Waals surface area contributed by atoms with Crippen LogP contribution in [0, 0.1) is 0 Å². The average Bonchev–Trinajstić information content (AvgIpc) is 2.28. The lowest BCUT2D eigenvalue weighted by atomic mass is 10.2. The van der Waals surface area contributed by atoms with Crippen molar-refractivity contribution in [2.75, 3.05) is 0 Å². The fourth-order valence-corrected chi connectivity index (χ4v) is 1.30. The van der Waals surface area contributed by atoms with E-state index in [1.807, 2.05) is 0 Å². The third-order valence-corrected chi connectivity index (χ3v) is 2.73. The minimum atomic E-state index is -6.09. The highest BCUT2D eigenvalue weighted by molar-refractivity contribution is 7.86. The van der Waals surface area contributed by atoms with E-state index < -0.39 is 15.6 Å². The Balaban J connectivity index is 0.000000362. The van der Waals surface area contributed by atoms with E-state index in [4.69, 9.17) is 13.0 Å². The molecule has 110 valence electrons. The minimum Gasteiger partial charge on any atom is -0.741 e. The first-order valence-corrected chi connectivity index (χ1v) is 7.03. The molecule has 0 aliphatic heterocycles. The van der Waals surface area contributed by atoms with E-state index in [2.05, 4.69) is 42.8 Å². The van der Waals surface area contributed by atoms with Gasteiger partial charge in [0.25, 0.3) is 0 Å². The Morgan fingerprint density at radius 2 is 1.79 bits per heavy atom. The summed E-state index contributed by atoms with van der Waals surface area (Å²) in [4.78, 5) is 0. The van der Waals surface area contributed by atoms with Gasteiger partial charge in [-0.05, 0) is 13.3 Å². The maximum Gasteiger partial charge on any atom is 0.485 e. The van der Waals surface area contributed by atoms with Crippen molar-refractivity contribution >= 4 is 10.1 Å². The molecule has 1 aromatic heterocycles. The van der Waals surface area contributed by atoms with Gasteiger partial charge in [-0.3, -0.25) is 0 Å². The average molecular weight is 299 g/mol. The van der Waals surface area contributed by atoms with Gasteiger partial charge in [-0.25, -0.2) is 13.0 Å². The predicted octanol–water partition coefficient (Wildman–Crippen LogP) is 2.00. The minimum absolute atomic E-state index is 1.08. The van der Waals surface area contributed by atoms with Crippen molar-refractivity contribution < 1.29 is 30.7 Å². The van der Waals surface area contributed by atoms with Crippen LogP contribution in [0.2, 0.25) is 0 Å². The highest BCUT2D eigenvalue weighted by Crippen LogP contribution is 2.20. The summed E-state index contributed by atoms with van der Waals surface area (Å²) in [6, 6.07) is 6.40. The molecule has 0 aromatic carbocycles. The largest absolute Gasteiger partial charge is 0.741 e. The van der Waals surface area contributed by atoms with E-state index in [-0.39, 0.29) is 0 Å². The normalized spacial score (nSPS) is 11.7. The van der Waals surface area contributed by atoms with Crippen molar-refractivity contribution in [3.63, 3.8) is 0 Å². The number of aromatic nitrogens is 1. The van der Waals surface area contributed by atoms with Crippen LogP contribution in [-0.2, 0) is 23.1 Å². The first-order chi connectivity index (χ1) is 8.63. The summed E-state index contributed by atoms with van der Waals surface area (Å²) in [6.07, 6.45) is 4.56. The van der Waals surface area contributed by atoms with E-state index >= 15 is 0 Å². The Kier molecular flexibility index (Phi) is 6.99. The fraction of sp³-hybridized carbons (Fsp3) is 0.545. The van der Waals surface area contributed by atoms with Gasteiger partial charge < -0.3 is 4.55 Å². The van der Waals surface area contributed by atoms with Crippen LogP contribution in [0.4, 0.5) is 13.2 Å². The van der Waals surface area contributed by atoms with Gasteiger partial charge in [0.05, 0.1) is 0 Å². The lowest BCUT2D eigenvalue weighted by Gasteiger charge is -2.08. The molecule has 0 fully saturated rings. The molecule has 0 amide bonds. The predicted molar refractivity (Wildman–Crippen MR) is 62.1 cm³/mol. The molecular weight excluding hydrogens is 283 g/mol. The summed E-state index contributed by atoms with van der Waals surface area (Å²) in [5.41, 5.74) is -4.20. The van der Waals surface area contributed by atoms with Crippen molar-refractivity contribution in [2.24, 2.45) is 0 Å². The second kappa shape index (κ2) is 7.44. The molecule has 0 aliphatic carbocycles. The van der Waals surface area contributed by atoms with Gasteiger partial charge >= 0.3 is 5.51 Å². The third kappa shape index (κ3) is 6.53. The highest BCUT2D eigenvalue weighted by Gasteiger charge is 2.36. The van der Waals surface area contributed by atoms with Crippen LogP contribution in [0.15, 0.2) is 24.4 Å². The molecular formula is C11H16F3NO3S. The maximum atomic E-state index is 10.7. The number of alkyl halides is 3. The molecule has 8 heteroatoms. The molecule has 0 unspecified atom stereocenters. The van der Waals surface area contributed by atoms with E-state index in [0.29, 0.717) is 0 Å². The zero-order valence-corrected chi connectivity index (χ0v) is 11.5. The monoisotopic (exact) mass is 299 g/mol. The Morgan fingerprint density at radius 3 is 2.16 bits per heavy atom. The molecule has 0 saturated carbocycles. The van der Waals surface area contributed by atoms with Gasteiger partial charge in [-0.15, -0.1) is 0 Å². The zero-order chi connectivity index (χ0) is 15.1. The smallest absolute Gasteiger partial charge is 0.485 e. The molecule has 19 heavy (non-hydrogen) atoms. The molecule has 0 spiro atoms. The summed E-state index contributed by atoms with van der Waals surface area (Å²) in [7, 11) is -6.09. The number of hydrogen-bond donors (Lipinski definition) is 0. The standard InChI is InChI=1S/C10H16N.CHF3O3S/c1-3-7-10-8-5-6-9-11(10)4-2;2-1(3,4)8(5,6)7/h5-6,8-9H,3-4,7H2,1-2H3;(H,5,6,7)/q+1;/p-1. The van der Waals surface area contributed by atoms with Gasteiger partial charge in [-0.2, -0.15) is 13.2 Å². The molecule has 4 nitrogen and oxygen atoms in total. The van der Waals surface area contributed by atoms with Crippen LogP contribution in [0.3, 0.4) is 0 Å². The summed E-state index contributed by atoms with van der Waals surface area (Å²) in [5.74, 6) is 0. The highest BCUT2D eigenvalue weighted by atomic mass is 32.2. The number of hydrogen-bond acceptors (Lipinski definition) is 3. The molecule has 0 saturated heterocycles. The van der Waals surface area contributed by atoms with Gasteiger partial charge in [0.2, 0.25) is 0 Å². The van der Waals surface area contributed by atoms with E-state index in [1.54, 1.807) is 0 Å². The fourth-order valence-electron chi connectivity index (χ4n) is 1.30. The summed E-state index contributed by atoms with van der Waals surface area (Å²) < 4.78 is 61.2. The molecule has 0 bridgehead atoms. The van der Waals surface area contributed by atoms with Crippen LogP contribution in [0.1, 0.15) is 26.0 Å². The summed E-state index contributed by atoms with van der Waals surface area (Å²) in [5, 5.41) is 0. The van der Waals surface area contributed by atoms with Crippen LogP contribution in [-0.4, -0.2) is 18.5 Å². The quantitative estimate of drug-likeness (QED) is 0.487. The van der Waals surface area contributed by atoms with E-state index in [1.165, 1.54) is 18.5 Å². The van der Waals surface area contributed by atoms with Crippen LogP contribution >= 0.6 is 0 Å². The Morgan fingerprint density at radius 1 is 1.26 bits per heavy atom. The molecule has 0 atom stereocenters. The van der Waals surface area contributed by atoms with Gasteiger partial charge in [-0.1, -0.05) is 13.0 Å². The first-order valence-electron chi connectivity index (χ1n) is 5.63. The Labute approximate surface area is 110 Å². The first kappa shape index (κ1) is 17.8. The van der Waals surface area contributed by atoms with Crippen molar-refractivity contribution in [3.8, 4) is 0 Å². The van der Waals surface area contributed by atoms with E-state index in [9.17, 15) is 13.2 Å². The molecule has 0 aliphatic rings. The molecule has 0 N–H and O–H groups in total. The van der Waals surface area contributed by atoms with Crippen LogP contribution in [0.25, 0.3) is 0 Å². The maximum absolute atomic E-state index is 10.7. The Bertz CT molecular complexity index is 486. The van der Waals surface area contributed by atoms with Gasteiger partial charge in [0.15, 0.2) is 22.0 Å². The molecule has 1 aromatic rings. The third-order valence-electron chi connectivity index (χ3n) is 2.16.